The molecule has 1 aromatic rings. The van der Waals surface area contributed by atoms with Crippen molar-refractivity contribution in [3.8, 4) is 0 Å². The first kappa shape index (κ1) is 16.5. The largest absolute Gasteiger partial charge is 0.339 e. The molecule has 0 spiro atoms. The van der Waals surface area contributed by atoms with Crippen molar-refractivity contribution >= 4 is 31.9 Å². The van der Waals surface area contributed by atoms with Gasteiger partial charge in [-0.15, -0.1) is 0 Å². The Balaban J connectivity index is 2.03. The van der Waals surface area contributed by atoms with Gasteiger partial charge in [0.1, 0.15) is 0 Å². The summed E-state index contributed by atoms with van der Waals surface area (Å²) >= 11 is 3.35. The molecule has 1 aliphatic heterocycles. The van der Waals surface area contributed by atoms with Gasteiger partial charge in [0.2, 0.25) is 15.9 Å². The molecule has 0 bridgehead atoms. The van der Waals surface area contributed by atoms with Crippen molar-refractivity contribution < 1.29 is 13.2 Å². The van der Waals surface area contributed by atoms with E-state index in [2.05, 4.69) is 15.9 Å². The van der Waals surface area contributed by atoms with Crippen LogP contribution in [0, 0.1) is 0 Å². The van der Waals surface area contributed by atoms with E-state index in [-0.39, 0.29) is 10.7 Å². The van der Waals surface area contributed by atoms with Crippen LogP contribution in [0.3, 0.4) is 0 Å². The fraction of sp³-hybridized carbons (Fsp3) is 0.500. The van der Waals surface area contributed by atoms with E-state index >= 15 is 0 Å². The van der Waals surface area contributed by atoms with Crippen molar-refractivity contribution in [2.75, 3.05) is 26.2 Å². The van der Waals surface area contributed by atoms with E-state index in [0.717, 1.165) is 6.42 Å². The van der Waals surface area contributed by atoms with Crippen molar-refractivity contribution in [3.63, 3.8) is 0 Å². The number of hydrogen-bond acceptors (Lipinski definition) is 3. The summed E-state index contributed by atoms with van der Waals surface area (Å²) in [4.78, 5) is 13.9. The summed E-state index contributed by atoms with van der Waals surface area (Å²) in [6, 6.07) is 8.40. The van der Waals surface area contributed by atoms with Gasteiger partial charge in [0, 0.05) is 26.2 Å². The molecule has 0 aromatic heterocycles. The monoisotopic (exact) mass is 374 g/mol. The molecule has 1 atom stereocenters. The molecular formula is C14H19BrN2O3S. The number of piperazine rings is 1. The van der Waals surface area contributed by atoms with Crippen molar-refractivity contribution in [1.82, 2.24) is 9.21 Å². The Bertz CT molecular complexity index is 583. The Hall–Kier alpha value is -0.920. The van der Waals surface area contributed by atoms with Crippen LogP contribution in [0.15, 0.2) is 35.2 Å². The zero-order valence-corrected chi connectivity index (χ0v) is 14.3. The van der Waals surface area contributed by atoms with Crippen molar-refractivity contribution in [2.45, 2.75) is 23.1 Å². The molecule has 0 aliphatic carbocycles. The summed E-state index contributed by atoms with van der Waals surface area (Å²) < 4.78 is 26.4. The van der Waals surface area contributed by atoms with E-state index < -0.39 is 10.0 Å². The van der Waals surface area contributed by atoms with Gasteiger partial charge in [-0.25, -0.2) is 8.42 Å². The van der Waals surface area contributed by atoms with Crippen molar-refractivity contribution in [3.05, 3.63) is 30.3 Å². The number of hydrogen-bond donors (Lipinski definition) is 0. The Labute approximate surface area is 134 Å². The summed E-state index contributed by atoms with van der Waals surface area (Å²) in [5, 5.41) is 0. The molecule has 21 heavy (non-hydrogen) atoms. The van der Waals surface area contributed by atoms with Gasteiger partial charge >= 0.3 is 0 Å². The Morgan fingerprint density at radius 1 is 1.19 bits per heavy atom. The predicted octanol–water partition coefficient (Wildman–Crippen LogP) is 1.69. The molecule has 2 rings (SSSR count). The van der Waals surface area contributed by atoms with Crippen LogP contribution in [-0.4, -0.2) is 54.5 Å². The van der Waals surface area contributed by atoms with Crippen LogP contribution in [0.4, 0.5) is 0 Å². The summed E-state index contributed by atoms with van der Waals surface area (Å²) in [5.74, 6) is 0.0364. The van der Waals surface area contributed by atoms with Gasteiger partial charge in [0.25, 0.3) is 0 Å². The van der Waals surface area contributed by atoms with E-state index in [1.165, 1.54) is 4.31 Å². The average Bonchev–Trinajstić information content (AvgIpc) is 2.54. The number of amides is 1. The van der Waals surface area contributed by atoms with Crippen LogP contribution in [0.1, 0.15) is 13.3 Å². The Morgan fingerprint density at radius 2 is 1.76 bits per heavy atom. The first-order chi connectivity index (χ1) is 9.96. The third kappa shape index (κ3) is 3.64. The van der Waals surface area contributed by atoms with E-state index in [4.69, 9.17) is 0 Å². The number of carbonyl (C=O) groups excluding carboxylic acids is 1. The zero-order valence-electron chi connectivity index (χ0n) is 11.9. The predicted molar refractivity (Wildman–Crippen MR) is 84.8 cm³/mol. The Morgan fingerprint density at radius 3 is 2.29 bits per heavy atom. The van der Waals surface area contributed by atoms with Crippen molar-refractivity contribution in [1.29, 1.82) is 0 Å². The highest BCUT2D eigenvalue weighted by molar-refractivity contribution is 9.10. The number of benzene rings is 1. The van der Waals surface area contributed by atoms with E-state index in [9.17, 15) is 13.2 Å². The maximum atomic E-state index is 12.5. The highest BCUT2D eigenvalue weighted by Crippen LogP contribution is 2.18. The first-order valence-corrected chi connectivity index (χ1v) is 9.30. The maximum Gasteiger partial charge on any atom is 0.243 e. The van der Waals surface area contributed by atoms with Crippen LogP contribution < -0.4 is 0 Å². The second-order valence-corrected chi connectivity index (χ2v) is 7.96. The quantitative estimate of drug-likeness (QED) is 0.753. The van der Waals surface area contributed by atoms with Gasteiger partial charge in [-0.05, 0) is 18.6 Å². The van der Waals surface area contributed by atoms with Gasteiger partial charge in [0.15, 0.2) is 0 Å². The lowest BCUT2D eigenvalue weighted by Crippen LogP contribution is -2.52. The molecule has 1 amide bonds. The lowest BCUT2D eigenvalue weighted by atomic mass is 10.2. The van der Waals surface area contributed by atoms with E-state index in [0.29, 0.717) is 31.1 Å². The van der Waals surface area contributed by atoms with Crippen LogP contribution in [0.2, 0.25) is 0 Å². The fourth-order valence-corrected chi connectivity index (χ4v) is 4.00. The highest BCUT2D eigenvalue weighted by atomic mass is 79.9. The SMILES string of the molecule is CCC(Br)C(=O)N1CCN(S(=O)(=O)c2ccccc2)CC1. The summed E-state index contributed by atoms with van der Waals surface area (Å²) in [5.41, 5.74) is 0. The minimum absolute atomic E-state index is 0.0364. The maximum absolute atomic E-state index is 12.5. The van der Waals surface area contributed by atoms with Crippen molar-refractivity contribution in [2.24, 2.45) is 0 Å². The lowest BCUT2D eigenvalue weighted by molar-refractivity contribution is -0.131. The molecule has 0 N–H and O–H groups in total. The molecule has 1 fully saturated rings. The lowest BCUT2D eigenvalue weighted by Gasteiger charge is -2.34. The molecule has 116 valence electrons. The van der Waals surface area contributed by atoms with Gasteiger partial charge in [-0.1, -0.05) is 41.1 Å². The standard InChI is InChI=1S/C14H19BrN2O3S/c1-2-13(15)14(18)16-8-10-17(11-9-16)21(19,20)12-6-4-3-5-7-12/h3-7,13H,2,8-11H2,1H3. The third-order valence-electron chi connectivity index (χ3n) is 3.56. The second-order valence-electron chi connectivity index (χ2n) is 4.92. The van der Waals surface area contributed by atoms with Gasteiger partial charge < -0.3 is 4.90 Å². The van der Waals surface area contributed by atoms with E-state index in [1.807, 2.05) is 6.92 Å². The van der Waals surface area contributed by atoms with Gasteiger partial charge in [0.05, 0.1) is 9.72 Å². The highest BCUT2D eigenvalue weighted by Gasteiger charge is 2.31. The van der Waals surface area contributed by atoms with E-state index in [1.54, 1.807) is 35.2 Å². The molecular weight excluding hydrogens is 356 g/mol. The third-order valence-corrected chi connectivity index (χ3v) is 6.51. The van der Waals surface area contributed by atoms with Gasteiger partial charge in [-0.3, -0.25) is 4.79 Å². The van der Waals surface area contributed by atoms with Crippen LogP contribution in [-0.2, 0) is 14.8 Å². The zero-order chi connectivity index (χ0) is 15.5. The number of rotatable bonds is 4. The minimum Gasteiger partial charge on any atom is -0.339 e. The number of alkyl halides is 1. The smallest absolute Gasteiger partial charge is 0.243 e. The summed E-state index contributed by atoms with van der Waals surface area (Å²) in [7, 11) is -3.45. The molecule has 1 unspecified atom stereocenters. The van der Waals surface area contributed by atoms with Gasteiger partial charge in [-0.2, -0.15) is 4.31 Å². The average molecular weight is 375 g/mol. The Kier molecular flexibility index (Phi) is 5.40. The topological polar surface area (TPSA) is 57.7 Å². The molecule has 1 aromatic carbocycles. The molecule has 1 heterocycles. The normalized spacial score (nSPS) is 18.5. The minimum atomic E-state index is -3.45. The number of sulfonamides is 1. The second kappa shape index (κ2) is 6.89. The van der Waals surface area contributed by atoms with Crippen LogP contribution in [0.25, 0.3) is 0 Å². The fourth-order valence-electron chi connectivity index (χ4n) is 2.26. The number of nitrogens with zero attached hydrogens (tertiary/aromatic N) is 2. The summed E-state index contributed by atoms with van der Waals surface area (Å²) in [6.07, 6.45) is 0.724. The summed E-state index contributed by atoms with van der Waals surface area (Å²) in [6.45, 7) is 3.49. The van der Waals surface area contributed by atoms with Crippen LogP contribution in [0.5, 0.6) is 0 Å². The molecule has 5 nitrogen and oxygen atoms in total. The molecule has 1 saturated heterocycles. The molecule has 0 radical (unpaired) electrons. The molecule has 1 aliphatic rings. The van der Waals surface area contributed by atoms with Crippen LogP contribution >= 0.6 is 15.9 Å². The first-order valence-electron chi connectivity index (χ1n) is 6.95. The number of carbonyl (C=O) groups is 1. The molecule has 7 heteroatoms. The number of halogens is 1. The molecule has 0 saturated carbocycles.